The van der Waals surface area contributed by atoms with Crippen LogP contribution in [-0.2, 0) is 16.1 Å². The van der Waals surface area contributed by atoms with E-state index in [1.54, 1.807) is 23.0 Å². The number of nitrogens with one attached hydrogen (secondary N) is 1. The van der Waals surface area contributed by atoms with Gasteiger partial charge < -0.3 is 4.90 Å². The average Bonchev–Trinajstić information content (AvgIpc) is 3.34. The maximum Gasteiger partial charge on any atom is 0.255 e. The van der Waals surface area contributed by atoms with Crippen molar-refractivity contribution in [1.29, 1.82) is 0 Å². The van der Waals surface area contributed by atoms with Gasteiger partial charge in [-0.25, -0.2) is 4.68 Å². The summed E-state index contributed by atoms with van der Waals surface area (Å²) in [4.78, 5) is 42.4. The van der Waals surface area contributed by atoms with Crippen LogP contribution >= 0.6 is 0 Å². The molecule has 5 rings (SSSR count). The monoisotopic (exact) mass is 402 g/mol. The molecule has 9 heteroatoms. The quantitative estimate of drug-likeness (QED) is 0.663. The molecule has 0 saturated carbocycles. The summed E-state index contributed by atoms with van der Waals surface area (Å²) in [5, 5.41) is 10.8. The Morgan fingerprint density at radius 3 is 2.83 bits per heavy atom. The number of aromatic nitrogens is 4. The first-order valence-electron chi connectivity index (χ1n) is 9.63. The summed E-state index contributed by atoms with van der Waals surface area (Å²) in [5.41, 5.74) is 4.55. The molecule has 3 amide bonds. The molecule has 1 atom stereocenters. The Morgan fingerprint density at radius 1 is 1.17 bits per heavy atom. The summed E-state index contributed by atoms with van der Waals surface area (Å²) < 4.78 is 1.64. The van der Waals surface area contributed by atoms with Crippen LogP contribution in [0.5, 0.6) is 0 Å². The Balaban J connectivity index is 1.48. The van der Waals surface area contributed by atoms with Gasteiger partial charge in [0.15, 0.2) is 0 Å². The summed E-state index contributed by atoms with van der Waals surface area (Å²) in [6.45, 7) is 2.19. The van der Waals surface area contributed by atoms with Crippen molar-refractivity contribution in [1.82, 2.24) is 30.2 Å². The molecule has 150 valence electrons. The molecule has 0 radical (unpaired) electrons. The van der Waals surface area contributed by atoms with E-state index in [-0.39, 0.29) is 24.8 Å². The van der Waals surface area contributed by atoms with Crippen molar-refractivity contribution in [3.05, 3.63) is 59.5 Å². The molecule has 4 heterocycles. The van der Waals surface area contributed by atoms with Crippen LogP contribution in [0.15, 0.2) is 42.7 Å². The van der Waals surface area contributed by atoms with Crippen LogP contribution in [0.1, 0.15) is 34.5 Å². The number of hydrogen-bond donors (Lipinski definition) is 1. The van der Waals surface area contributed by atoms with Crippen LogP contribution in [0.4, 0.5) is 0 Å². The summed E-state index contributed by atoms with van der Waals surface area (Å²) in [7, 11) is 0. The highest BCUT2D eigenvalue weighted by Crippen LogP contribution is 2.31. The van der Waals surface area contributed by atoms with Crippen LogP contribution in [0.25, 0.3) is 16.9 Å². The molecular weight excluding hydrogens is 384 g/mol. The van der Waals surface area contributed by atoms with Crippen molar-refractivity contribution < 1.29 is 14.4 Å². The van der Waals surface area contributed by atoms with Crippen molar-refractivity contribution in [2.75, 3.05) is 0 Å². The molecule has 1 saturated heterocycles. The van der Waals surface area contributed by atoms with Gasteiger partial charge in [0.05, 0.1) is 11.9 Å². The minimum absolute atomic E-state index is 0.216. The zero-order valence-electron chi connectivity index (χ0n) is 16.2. The van der Waals surface area contributed by atoms with Crippen molar-refractivity contribution in [2.45, 2.75) is 32.4 Å². The van der Waals surface area contributed by atoms with Gasteiger partial charge in [0, 0.05) is 41.5 Å². The SMILES string of the molecule is Cc1cc(-c2cn(-c3cccc4c3CN(C3CCC(=O)NC3=O)C4=O)nn2)ccn1. The fraction of sp³-hybridized carbons (Fsp3) is 0.238. The molecule has 0 spiro atoms. The zero-order chi connectivity index (χ0) is 20.8. The Hall–Kier alpha value is -3.88. The van der Waals surface area contributed by atoms with E-state index >= 15 is 0 Å². The summed E-state index contributed by atoms with van der Waals surface area (Å²) in [5.74, 6) is -0.945. The van der Waals surface area contributed by atoms with Gasteiger partial charge >= 0.3 is 0 Å². The molecule has 30 heavy (non-hydrogen) atoms. The zero-order valence-corrected chi connectivity index (χ0v) is 16.2. The second kappa shape index (κ2) is 6.87. The van der Waals surface area contributed by atoms with E-state index in [1.807, 2.05) is 31.3 Å². The van der Waals surface area contributed by atoms with Crippen LogP contribution in [0.2, 0.25) is 0 Å². The van der Waals surface area contributed by atoms with Crippen molar-refractivity contribution in [3.8, 4) is 16.9 Å². The molecule has 0 bridgehead atoms. The summed E-state index contributed by atoms with van der Waals surface area (Å²) >= 11 is 0. The van der Waals surface area contributed by atoms with Crippen LogP contribution < -0.4 is 5.32 Å². The number of pyridine rings is 1. The van der Waals surface area contributed by atoms with E-state index in [4.69, 9.17) is 0 Å². The molecule has 2 aliphatic heterocycles. The van der Waals surface area contributed by atoms with E-state index in [0.29, 0.717) is 17.7 Å². The number of piperidine rings is 1. The first-order chi connectivity index (χ1) is 14.5. The topological polar surface area (TPSA) is 110 Å². The number of fused-ring (bicyclic) bond motifs is 1. The molecule has 1 fully saturated rings. The largest absolute Gasteiger partial charge is 0.322 e. The van der Waals surface area contributed by atoms with E-state index in [9.17, 15) is 14.4 Å². The normalized spacial score (nSPS) is 18.5. The highest BCUT2D eigenvalue weighted by atomic mass is 16.2. The van der Waals surface area contributed by atoms with Crippen LogP contribution in [-0.4, -0.2) is 48.6 Å². The van der Waals surface area contributed by atoms with Crippen molar-refractivity contribution in [3.63, 3.8) is 0 Å². The third-order valence-electron chi connectivity index (χ3n) is 5.49. The van der Waals surface area contributed by atoms with Crippen molar-refractivity contribution >= 4 is 17.7 Å². The number of nitrogens with zero attached hydrogens (tertiary/aromatic N) is 5. The third kappa shape index (κ3) is 2.95. The van der Waals surface area contributed by atoms with E-state index < -0.39 is 11.9 Å². The van der Waals surface area contributed by atoms with Gasteiger partial charge in [0.2, 0.25) is 11.8 Å². The molecule has 3 aromatic rings. The smallest absolute Gasteiger partial charge is 0.255 e. The maximum atomic E-state index is 13.0. The Morgan fingerprint density at radius 2 is 2.03 bits per heavy atom. The minimum Gasteiger partial charge on any atom is -0.322 e. The van der Waals surface area contributed by atoms with Gasteiger partial charge in [-0.1, -0.05) is 11.3 Å². The van der Waals surface area contributed by atoms with E-state index in [0.717, 1.165) is 22.5 Å². The van der Waals surface area contributed by atoms with Crippen molar-refractivity contribution in [2.24, 2.45) is 0 Å². The lowest BCUT2D eigenvalue weighted by Gasteiger charge is -2.29. The van der Waals surface area contributed by atoms with E-state index in [1.165, 1.54) is 4.90 Å². The average molecular weight is 402 g/mol. The van der Waals surface area contributed by atoms with Gasteiger partial charge in [0.1, 0.15) is 11.7 Å². The second-order valence-electron chi connectivity index (χ2n) is 7.44. The lowest BCUT2D eigenvalue weighted by molar-refractivity contribution is -0.136. The third-order valence-corrected chi connectivity index (χ3v) is 5.49. The fourth-order valence-electron chi connectivity index (χ4n) is 4.00. The molecule has 1 unspecified atom stereocenters. The molecule has 1 N–H and O–H groups in total. The number of rotatable bonds is 3. The molecule has 9 nitrogen and oxygen atoms in total. The number of hydrogen-bond acceptors (Lipinski definition) is 6. The lowest BCUT2D eigenvalue weighted by Crippen LogP contribution is -2.52. The molecule has 2 aliphatic rings. The summed E-state index contributed by atoms with van der Waals surface area (Å²) in [6.07, 6.45) is 4.08. The minimum atomic E-state index is -0.651. The number of amides is 3. The molecular formula is C21H18N6O3. The van der Waals surface area contributed by atoms with Gasteiger partial charge in [-0.05, 0) is 37.6 Å². The van der Waals surface area contributed by atoms with Gasteiger partial charge in [-0.15, -0.1) is 5.10 Å². The van der Waals surface area contributed by atoms with Crippen LogP contribution in [0, 0.1) is 6.92 Å². The number of carbonyl (C=O) groups excluding carboxylic acids is 3. The highest BCUT2D eigenvalue weighted by molar-refractivity contribution is 6.05. The molecule has 2 aromatic heterocycles. The maximum absolute atomic E-state index is 13.0. The summed E-state index contributed by atoms with van der Waals surface area (Å²) in [6, 6.07) is 8.55. The van der Waals surface area contributed by atoms with Gasteiger partial charge in [-0.3, -0.25) is 24.7 Å². The lowest BCUT2D eigenvalue weighted by atomic mass is 10.0. The van der Waals surface area contributed by atoms with Gasteiger partial charge in [0.25, 0.3) is 5.91 Å². The van der Waals surface area contributed by atoms with Gasteiger partial charge in [-0.2, -0.15) is 0 Å². The van der Waals surface area contributed by atoms with E-state index in [2.05, 4.69) is 20.6 Å². The molecule has 0 aliphatic carbocycles. The highest BCUT2D eigenvalue weighted by Gasteiger charge is 2.40. The number of benzene rings is 1. The Bertz CT molecular complexity index is 1200. The molecule has 1 aromatic carbocycles. The Labute approximate surface area is 171 Å². The van der Waals surface area contributed by atoms with Crippen LogP contribution in [0.3, 0.4) is 0 Å². The predicted molar refractivity (Wildman–Crippen MR) is 105 cm³/mol. The fourth-order valence-corrected chi connectivity index (χ4v) is 4.00. The Kier molecular flexibility index (Phi) is 4.16. The number of aryl methyl sites for hydroxylation is 1. The number of carbonyl (C=O) groups is 3. The second-order valence-corrected chi connectivity index (χ2v) is 7.44. The first-order valence-corrected chi connectivity index (χ1v) is 9.63. The first kappa shape index (κ1) is 18.2. The standard InChI is InChI=1S/C21H18N6O3/c1-12-9-13(7-8-22-12)16-11-27(25-24-16)17-4-2-3-14-15(17)10-26(21(14)30)18-5-6-19(28)23-20(18)29/h2-4,7-9,11,18H,5-6,10H2,1H3,(H,23,28,29). The predicted octanol–water partition coefficient (Wildman–Crippen LogP) is 1.40. The number of imide groups is 1.